The quantitative estimate of drug-likeness (QED) is 0.777. The van der Waals surface area contributed by atoms with Crippen molar-refractivity contribution in [2.75, 3.05) is 0 Å². The van der Waals surface area contributed by atoms with Crippen LogP contribution in [-0.4, -0.2) is 11.8 Å². The fourth-order valence-electron chi connectivity index (χ4n) is 1.31. The SMILES string of the molecule is CC(N)C(=O)c1cccc(C(C)(C)F)c1. The highest BCUT2D eigenvalue weighted by Crippen LogP contribution is 2.25. The van der Waals surface area contributed by atoms with Gasteiger partial charge in [-0.3, -0.25) is 4.79 Å². The second kappa shape index (κ2) is 4.11. The molecule has 0 heterocycles. The minimum absolute atomic E-state index is 0.166. The number of halogens is 1. The average molecular weight is 209 g/mol. The Balaban J connectivity index is 3.09. The van der Waals surface area contributed by atoms with E-state index in [1.54, 1.807) is 31.2 Å². The summed E-state index contributed by atoms with van der Waals surface area (Å²) in [6.45, 7) is 4.54. The van der Waals surface area contributed by atoms with Crippen molar-refractivity contribution in [2.45, 2.75) is 32.5 Å². The van der Waals surface area contributed by atoms with E-state index in [-0.39, 0.29) is 5.78 Å². The van der Waals surface area contributed by atoms with Crippen molar-refractivity contribution in [3.05, 3.63) is 35.4 Å². The molecule has 1 rings (SSSR count). The molecule has 1 aromatic carbocycles. The van der Waals surface area contributed by atoms with Crippen molar-refractivity contribution in [1.82, 2.24) is 0 Å². The van der Waals surface area contributed by atoms with Gasteiger partial charge in [-0.25, -0.2) is 4.39 Å². The lowest BCUT2D eigenvalue weighted by Gasteiger charge is -2.15. The molecule has 0 saturated heterocycles. The number of ketones is 1. The van der Waals surface area contributed by atoms with E-state index >= 15 is 0 Å². The third-order valence-corrected chi connectivity index (χ3v) is 2.25. The van der Waals surface area contributed by atoms with Crippen LogP contribution in [-0.2, 0) is 5.67 Å². The van der Waals surface area contributed by atoms with Crippen LogP contribution >= 0.6 is 0 Å². The second-order valence-electron chi connectivity index (χ2n) is 4.21. The van der Waals surface area contributed by atoms with E-state index < -0.39 is 11.7 Å². The number of carbonyl (C=O) groups is 1. The highest BCUT2D eigenvalue weighted by atomic mass is 19.1. The Labute approximate surface area is 89.3 Å². The van der Waals surface area contributed by atoms with Crippen molar-refractivity contribution < 1.29 is 9.18 Å². The summed E-state index contributed by atoms with van der Waals surface area (Å²) in [4.78, 5) is 11.6. The monoisotopic (exact) mass is 209 g/mol. The highest BCUT2D eigenvalue weighted by molar-refractivity contribution is 5.99. The molecule has 15 heavy (non-hydrogen) atoms. The number of Topliss-reactive ketones (excluding diaryl/α,β-unsaturated/α-hetero) is 1. The predicted octanol–water partition coefficient (Wildman–Crippen LogP) is 2.42. The molecule has 1 atom stereocenters. The van der Waals surface area contributed by atoms with Crippen LogP contribution in [0.25, 0.3) is 0 Å². The lowest BCUT2D eigenvalue weighted by atomic mass is 9.95. The Kier molecular flexibility index (Phi) is 3.25. The first kappa shape index (κ1) is 11.9. The molecule has 0 amide bonds. The van der Waals surface area contributed by atoms with E-state index in [1.165, 1.54) is 13.8 Å². The number of hydrogen-bond donors (Lipinski definition) is 1. The van der Waals surface area contributed by atoms with Crippen LogP contribution in [0, 0.1) is 0 Å². The summed E-state index contributed by atoms with van der Waals surface area (Å²) in [5, 5.41) is 0. The van der Waals surface area contributed by atoms with Crippen LogP contribution in [0.5, 0.6) is 0 Å². The second-order valence-corrected chi connectivity index (χ2v) is 4.21. The van der Waals surface area contributed by atoms with Crippen molar-refractivity contribution >= 4 is 5.78 Å². The van der Waals surface area contributed by atoms with Crippen molar-refractivity contribution in [3.8, 4) is 0 Å². The molecule has 0 aliphatic heterocycles. The Morgan fingerprint density at radius 3 is 2.53 bits per heavy atom. The van der Waals surface area contributed by atoms with Gasteiger partial charge in [-0.15, -0.1) is 0 Å². The smallest absolute Gasteiger partial charge is 0.179 e. The zero-order chi connectivity index (χ0) is 11.6. The molecule has 82 valence electrons. The van der Waals surface area contributed by atoms with Gasteiger partial charge in [0, 0.05) is 5.56 Å². The van der Waals surface area contributed by atoms with Gasteiger partial charge in [-0.1, -0.05) is 18.2 Å². The van der Waals surface area contributed by atoms with E-state index in [0.717, 1.165) is 0 Å². The van der Waals surface area contributed by atoms with E-state index in [4.69, 9.17) is 5.73 Å². The fraction of sp³-hybridized carbons (Fsp3) is 0.417. The number of carbonyl (C=O) groups excluding carboxylic acids is 1. The van der Waals surface area contributed by atoms with Gasteiger partial charge in [-0.05, 0) is 32.4 Å². The third kappa shape index (κ3) is 2.86. The molecule has 3 heteroatoms. The largest absolute Gasteiger partial charge is 0.321 e. The number of alkyl halides is 1. The van der Waals surface area contributed by atoms with Crippen molar-refractivity contribution in [1.29, 1.82) is 0 Å². The molecule has 0 aromatic heterocycles. The van der Waals surface area contributed by atoms with Crippen molar-refractivity contribution in [3.63, 3.8) is 0 Å². The maximum atomic E-state index is 13.6. The van der Waals surface area contributed by atoms with Crippen LogP contribution < -0.4 is 5.73 Å². The Bertz CT molecular complexity index is 366. The predicted molar refractivity (Wildman–Crippen MR) is 58.6 cm³/mol. The topological polar surface area (TPSA) is 43.1 Å². The summed E-state index contributed by atoms with van der Waals surface area (Å²) in [5.74, 6) is -0.166. The van der Waals surface area contributed by atoms with Gasteiger partial charge in [-0.2, -0.15) is 0 Å². The summed E-state index contributed by atoms with van der Waals surface area (Å²) in [7, 11) is 0. The van der Waals surface area contributed by atoms with Crippen LogP contribution in [0.2, 0.25) is 0 Å². The van der Waals surface area contributed by atoms with Crippen LogP contribution in [0.3, 0.4) is 0 Å². The summed E-state index contributed by atoms with van der Waals surface area (Å²) >= 11 is 0. The minimum Gasteiger partial charge on any atom is -0.321 e. The summed E-state index contributed by atoms with van der Waals surface area (Å²) in [6.07, 6.45) is 0. The van der Waals surface area contributed by atoms with E-state index in [1.807, 2.05) is 0 Å². The van der Waals surface area contributed by atoms with Gasteiger partial charge in [0.1, 0.15) is 5.67 Å². The number of hydrogen-bond acceptors (Lipinski definition) is 2. The molecular formula is C12H16FNO. The number of rotatable bonds is 3. The average Bonchev–Trinajstić information content (AvgIpc) is 2.15. The van der Waals surface area contributed by atoms with Crippen LogP contribution in [0.15, 0.2) is 24.3 Å². The highest BCUT2D eigenvalue weighted by Gasteiger charge is 2.20. The first-order valence-electron chi connectivity index (χ1n) is 4.91. The molecule has 2 N–H and O–H groups in total. The Morgan fingerprint density at radius 1 is 1.47 bits per heavy atom. The van der Waals surface area contributed by atoms with Crippen LogP contribution in [0.1, 0.15) is 36.7 Å². The molecule has 2 nitrogen and oxygen atoms in total. The fourth-order valence-corrected chi connectivity index (χ4v) is 1.31. The van der Waals surface area contributed by atoms with Gasteiger partial charge >= 0.3 is 0 Å². The standard InChI is InChI=1S/C12H16FNO/c1-8(14)11(15)9-5-4-6-10(7-9)12(2,3)13/h4-8H,14H2,1-3H3. The molecule has 0 radical (unpaired) electrons. The van der Waals surface area contributed by atoms with Crippen molar-refractivity contribution in [2.24, 2.45) is 5.73 Å². The Morgan fingerprint density at radius 2 is 2.07 bits per heavy atom. The van der Waals surface area contributed by atoms with Gasteiger partial charge in [0.05, 0.1) is 6.04 Å². The van der Waals surface area contributed by atoms with E-state index in [0.29, 0.717) is 11.1 Å². The molecule has 0 aliphatic carbocycles. The molecule has 0 spiro atoms. The summed E-state index contributed by atoms with van der Waals surface area (Å²) in [6, 6.07) is 6.00. The van der Waals surface area contributed by atoms with Gasteiger partial charge in [0.2, 0.25) is 0 Å². The van der Waals surface area contributed by atoms with Crippen LogP contribution in [0.4, 0.5) is 4.39 Å². The minimum atomic E-state index is -1.44. The van der Waals surface area contributed by atoms with E-state index in [2.05, 4.69) is 0 Å². The Hall–Kier alpha value is -1.22. The zero-order valence-corrected chi connectivity index (χ0v) is 9.25. The molecule has 0 bridgehead atoms. The lowest BCUT2D eigenvalue weighted by Crippen LogP contribution is -2.27. The van der Waals surface area contributed by atoms with Gasteiger partial charge in [0.25, 0.3) is 0 Å². The van der Waals surface area contributed by atoms with Gasteiger partial charge < -0.3 is 5.73 Å². The maximum absolute atomic E-state index is 13.6. The first-order valence-corrected chi connectivity index (χ1v) is 4.91. The molecule has 1 unspecified atom stereocenters. The molecular weight excluding hydrogens is 193 g/mol. The van der Waals surface area contributed by atoms with Gasteiger partial charge in [0.15, 0.2) is 5.78 Å². The summed E-state index contributed by atoms with van der Waals surface area (Å²) in [5.41, 5.74) is 5.01. The molecule has 0 aliphatic rings. The number of nitrogens with two attached hydrogens (primary N) is 1. The zero-order valence-electron chi connectivity index (χ0n) is 9.25. The molecule has 1 aromatic rings. The summed E-state index contributed by atoms with van der Waals surface area (Å²) < 4.78 is 13.6. The maximum Gasteiger partial charge on any atom is 0.179 e. The molecule has 0 fully saturated rings. The molecule has 0 saturated carbocycles. The third-order valence-electron chi connectivity index (χ3n) is 2.25. The number of benzene rings is 1. The normalized spacial score (nSPS) is 13.7. The lowest BCUT2D eigenvalue weighted by molar-refractivity contribution is 0.0967. The first-order chi connectivity index (χ1) is 6.82. The van der Waals surface area contributed by atoms with E-state index in [9.17, 15) is 9.18 Å².